The molecule has 1 fully saturated rings. The average Bonchev–Trinajstić information content (AvgIpc) is 2.40. The lowest BCUT2D eigenvalue weighted by atomic mass is 10.1. The molecule has 3 nitrogen and oxygen atoms in total. The molecule has 1 aliphatic heterocycles. The van der Waals surface area contributed by atoms with Gasteiger partial charge in [0.15, 0.2) is 0 Å². The molecule has 19 heavy (non-hydrogen) atoms. The smallest absolute Gasteiger partial charge is 0.248 e. The number of halogens is 1. The van der Waals surface area contributed by atoms with E-state index in [9.17, 15) is 4.79 Å². The number of amides is 1. The van der Waals surface area contributed by atoms with E-state index in [4.69, 9.17) is 11.6 Å². The van der Waals surface area contributed by atoms with Crippen molar-refractivity contribution in [1.82, 2.24) is 4.90 Å². The van der Waals surface area contributed by atoms with Gasteiger partial charge in [0.25, 0.3) is 0 Å². The summed E-state index contributed by atoms with van der Waals surface area (Å²) in [6.45, 7) is 3.13. The van der Waals surface area contributed by atoms with Crippen LogP contribution in [-0.2, 0) is 4.79 Å². The Morgan fingerprint density at radius 3 is 2.84 bits per heavy atom. The molecule has 0 radical (unpaired) electrons. The second-order valence-electron chi connectivity index (χ2n) is 4.76. The Bertz CT molecular complexity index is 453. The maximum atomic E-state index is 11.7. The summed E-state index contributed by atoms with van der Waals surface area (Å²) in [5.41, 5.74) is 0.722. The number of benzene rings is 1. The van der Waals surface area contributed by atoms with Crippen LogP contribution in [0.4, 0.5) is 5.69 Å². The fourth-order valence-electron chi connectivity index (χ4n) is 2.20. The molecule has 1 aromatic rings. The summed E-state index contributed by atoms with van der Waals surface area (Å²) >= 11 is 5.86. The number of rotatable bonds is 4. The summed E-state index contributed by atoms with van der Waals surface area (Å²) in [6, 6.07) is 7.15. The molecule has 1 aliphatic rings. The third-order valence-electron chi connectivity index (χ3n) is 3.17. The van der Waals surface area contributed by atoms with Crippen molar-refractivity contribution in [3.8, 4) is 0 Å². The van der Waals surface area contributed by atoms with Crippen molar-refractivity contribution >= 4 is 23.2 Å². The molecule has 0 saturated carbocycles. The number of nitrogens with one attached hydrogen (secondary N) is 1. The number of piperidine rings is 1. The van der Waals surface area contributed by atoms with Crippen LogP contribution in [0, 0.1) is 0 Å². The van der Waals surface area contributed by atoms with Gasteiger partial charge in [0, 0.05) is 23.3 Å². The molecule has 1 amide bonds. The molecular weight excluding hydrogens is 260 g/mol. The van der Waals surface area contributed by atoms with Gasteiger partial charge >= 0.3 is 0 Å². The van der Waals surface area contributed by atoms with E-state index in [0.29, 0.717) is 5.02 Å². The van der Waals surface area contributed by atoms with Gasteiger partial charge in [-0.15, -0.1) is 0 Å². The molecule has 1 heterocycles. The Morgan fingerprint density at radius 2 is 2.11 bits per heavy atom. The van der Waals surface area contributed by atoms with E-state index < -0.39 is 0 Å². The van der Waals surface area contributed by atoms with Crippen LogP contribution in [0.5, 0.6) is 0 Å². The van der Waals surface area contributed by atoms with Gasteiger partial charge in [-0.2, -0.15) is 0 Å². The van der Waals surface area contributed by atoms with Crippen LogP contribution in [-0.4, -0.2) is 30.4 Å². The predicted octanol–water partition coefficient (Wildman–Crippen LogP) is 3.32. The fourth-order valence-corrected chi connectivity index (χ4v) is 2.39. The van der Waals surface area contributed by atoms with Gasteiger partial charge in [-0.3, -0.25) is 9.69 Å². The Balaban J connectivity index is 1.77. The minimum absolute atomic E-state index is 0.112. The van der Waals surface area contributed by atoms with E-state index >= 15 is 0 Å². The standard InChI is InChI=1S/C15H19ClN2O/c16-13-6-4-7-14(12-13)17-15(19)8-5-11-18-9-2-1-3-10-18/h4-8,12H,1-3,9-11H2,(H,17,19). The lowest BCUT2D eigenvalue weighted by molar-refractivity contribution is -0.111. The van der Waals surface area contributed by atoms with E-state index in [2.05, 4.69) is 10.2 Å². The van der Waals surface area contributed by atoms with Gasteiger partial charge in [0.2, 0.25) is 5.91 Å². The summed E-state index contributed by atoms with van der Waals surface area (Å²) in [5.74, 6) is -0.112. The van der Waals surface area contributed by atoms with Crippen molar-refractivity contribution in [2.24, 2.45) is 0 Å². The highest BCUT2D eigenvalue weighted by Crippen LogP contribution is 2.14. The van der Waals surface area contributed by atoms with Gasteiger partial charge in [-0.1, -0.05) is 30.2 Å². The van der Waals surface area contributed by atoms with Crippen molar-refractivity contribution in [2.45, 2.75) is 19.3 Å². The molecule has 2 rings (SSSR count). The zero-order valence-electron chi connectivity index (χ0n) is 10.9. The first-order chi connectivity index (χ1) is 9.24. The predicted molar refractivity (Wildman–Crippen MR) is 79.5 cm³/mol. The lowest BCUT2D eigenvalue weighted by Crippen LogP contribution is -2.29. The van der Waals surface area contributed by atoms with Crippen LogP contribution < -0.4 is 5.32 Å². The highest BCUT2D eigenvalue weighted by Gasteiger charge is 2.07. The van der Waals surface area contributed by atoms with Crippen molar-refractivity contribution in [1.29, 1.82) is 0 Å². The molecule has 1 aromatic carbocycles. The fraction of sp³-hybridized carbons (Fsp3) is 0.400. The van der Waals surface area contributed by atoms with Crippen molar-refractivity contribution in [3.63, 3.8) is 0 Å². The van der Waals surface area contributed by atoms with E-state index in [1.807, 2.05) is 18.2 Å². The molecule has 0 aliphatic carbocycles. The van der Waals surface area contributed by atoms with Crippen molar-refractivity contribution in [2.75, 3.05) is 25.0 Å². The normalized spacial score (nSPS) is 16.7. The maximum Gasteiger partial charge on any atom is 0.248 e. The van der Waals surface area contributed by atoms with Gasteiger partial charge in [0.1, 0.15) is 0 Å². The average molecular weight is 279 g/mol. The topological polar surface area (TPSA) is 32.3 Å². The zero-order chi connectivity index (χ0) is 13.5. The van der Waals surface area contributed by atoms with Gasteiger partial charge in [0.05, 0.1) is 0 Å². The summed E-state index contributed by atoms with van der Waals surface area (Å²) in [6.07, 6.45) is 7.38. The number of likely N-dealkylation sites (tertiary alicyclic amines) is 1. The van der Waals surface area contributed by atoms with E-state index in [1.165, 1.54) is 19.3 Å². The molecule has 0 spiro atoms. The molecule has 1 N–H and O–H groups in total. The summed E-state index contributed by atoms with van der Waals surface area (Å²) < 4.78 is 0. The molecule has 0 unspecified atom stereocenters. The first-order valence-corrected chi connectivity index (χ1v) is 7.07. The maximum absolute atomic E-state index is 11.7. The molecule has 0 atom stereocenters. The Morgan fingerprint density at radius 1 is 1.32 bits per heavy atom. The number of carbonyl (C=O) groups is 1. The van der Waals surface area contributed by atoms with Gasteiger partial charge in [-0.25, -0.2) is 0 Å². The minimum Gasteiger partial charge on any atom is -0.322 e. The van der Waals surface area contributed by atoms with Gasteiger partial charge < -0.3 is 5.32 Å². The number of nitrogens with zero attached hydrogens (tertiary/aromatic N) is 1. The van der Waals surface area contributed by atoms with Crippen molar-refractivity contribution < 1.29 is 4.79 Å². The minimum atomic E-state index is -0.112. The quantitative estimate of drug-likeness (QED) is 0.857. The highest BCUT2D eigenvalue weighted by molar-refractivity contribution is 6.30. The third-order valence-corrected chi connectivity index (χ3v) is 3.41. The first-order valence-electron chi connectivity index (χ1n) is 6.69. The lowest BCUT2D eigenvalue weighted by Gasteiger charge is -2.24. The van der Waals surface area contributed by atoms with Gasteiger partial charge in [-0.05, 0) is 44.1 Å². The number of hydrogen-bond donors (Lipinski definition) is 1. The molecular formula is C15H19ClN2O. The summed E-state index contributed by atoms with van der Waals surface area (Å²) in [4.78, 5) is 14.1. The van der Waals surface area contributed by atoms with E-state index in [1.54, 1.807) is 18.2 Å². The highest BCUT2D eigenvalue weighted by atomic mass is 35.5. The SMILES string of the molecule is O=C(C=CCN1CCCCC1)Nc1cccc(Cl)c1. The second kappa shape index (κ2) is 7.31. The Hall–Kier alpha value is -1.32. The number of carbonyl (C=O) groups excluding carboxylic acids is 1. The number of hydrogen-bond acceptors (Lipinski definition) is 2. The molecule has 102 valence electrons. The third kappa shape index (κ3) is 5.05. The number of anilines is 1. The zero-order valence-corrected chi connectivity index (χ0v) is 11.7. The Labute approximate surface area is 119 Å². The molecule has 0 aromatic heterocycles. The monoisotopic (exact) mass is 278 g/mol. The molecule has 4 heteroatoms. The van der Waals surface area contributed by atoms with Crippen LogP contribution in [0.15, 0.2) is 36.4 Å². The van der Waals surface area contributed by atoms with Crippen LogP contribution >= 0.6 is 11.6 Å². The van der Waals surface area contributed by atoms with Crippen LogP contribution in [0.3, 0.4) is 0 Å². The molecule has 0 bridgehead atoms. The molecule has 1 saturated heterocycles. The Kier molecular flexibility index (Phi) is 5.43. The van der Waals surface area contributed by atoms with Crippen molar-refractivity contribution in [3.05, 3.63) is 41.4 Å². The van der Waals surface area contributed by atoms with E-state index in [-0.39, 0.29) is 5.91 Å². The van der Waals surface area contributed by atoms with Crippen LogP contribution in [0.25, 0.3) is 0 Å². The first kappa shape index (κ1) is 14.1. The summed E-state index contributed by atoms with van der Waals surface area (Å²) in [5, 5.41) is 3.41. The second-order valence-corrected chi connectivity index (χ2v) is 5.20. The van der Waals surface area contributed by atoms with E-state index in [0.717, 1.165) is 25.3 Å². The van der Waals surface area contributed by atoms with Crippen LogP contribution in [0.2, 0.25) is 5.02 Å². The summed E-state index contributed by atoms with van der Waals surface area (Å²) in [7, 11) is 0. The largest absolute Gasteiger partial charge is 0.322 e. The van der Waals surface area contributed by atoms with Crippen LogP contribution in [0.1, 0.15) is 19.3 Å².